The van der Waals surface area contributed by atoms with E-state index in [0.29, 0.717) is 11.8 Å². The lowest BCUT2D eigenvalue weighted by Gasteiger charge is -2.23. The number of rotatable bonds is 10. The summed E-state index contributed by atoms with van der Waals surface area (Å²) in [5.74, 6) is 5.43. The number of benzene rings is 2. The Kier molecular flexibility index (Phi) is 15.2. The average Bonchev–Trinajstić information content (AvgIpc) is 3.03. The lowest BCUT2D eigenvalue weighted by molar-refractivity contribution is 0.378. The van der Waals surface area contributed by atoms with Gasteiger partial charge in [-0.15, -0.1) is 0 Å². The van der Waals surface area contributed by atoms with Crippen molar-refractivity contribution in [2.24, 2.45) is 11.8 Å². The van der Waals surface area contributed by atoms with Crippen LogP contribution >= 0.6 is 0 Å². The quantitative estimate of drug-likeness (QED) is 0.253. The van der Waals surface area contributed by atoms with Gasteiger partial charge in [0.15, 0.2) is 0 Å². The van der Waals surface area contributed by atoms with Gasteiger partial charge in [-0.1, -0.05) is 77.7 Å². The lowest BCUT2D eigenvalue weighted by atomic mass is 9.87. The summed E-state index contributed by atoms with van der Waals surface area (Å²) < 4.78 is 24.1. The largest absolute Gasteiger partial charge is 0.496 e. The number of allylic oxidation sites excluding steroid dienone is 4. The summed E-state index contributed by atoms with van der Waals surface area (Å²) in [5.41, 5.74) is 4.94. The second-order valence-electron chi connectivity index (χ2n) is 13.0. The Hall–Kier alpha value is -2.88. The molecule has 4 atom stereocenters. The van der Waals surface area contributed by atoms with Gasteiger partial charge in [0.1, 0.15) is 23.0 Å². The van der Waals surface area contributed by atoms with Crippen molar-refractivity contribution in [3.8, 4) is 23.0 Å². The number of hydrogen-bond acceptors (Lipinski definition) is 4. The zero-order valence-electron chi connectivity index (χ0n) is 29.0. The first-order valence-electron chi connectivity index (χ1n) is 17.2. The van der Waals surface area contributed by atoms with Gasteiger partial charge in [0.2, 0.25) is 0 Å². The van der Waals surface area contributed by atoms with Crippen LogP contribution < -0.4 is 18.9 Å². The van der Waals surface area contributed by atoms with E-state index in [4.69, 9.17) is 18.9 Å². The summed E-state index contributed by atoms with van der Waals surface area (Å²) in [7, 11) is 7.20. The smallest absolute Gasteiger partial charge is 0.126 e. The fraction of sp³-hybridized carbons (Fsp3) is 0.600. The van der Waals surface area contributed by atoms with Crippen molar-refractivity contribution >= 4 is 0 Å². The van der Waals surface area contributed by atoms with Gasteiger partial charge in [0, 0.05) is 23.0 Å². The summed E-state index contributed by atoms with van der Waals surface area (Å²) in [6.45, 7) is 9.23. The molecular formula is C40H60O4. The minimum atomic E-state index is 0.270. The summed E-state index contributed by atoms with van der Waals surface area (Å²) in [6, 6.07) is 9.03. The van der Waals surface area contributed by atoms with Gasteiger partial charge >= 0.3 is 0 Å². The van der Waals surface area contributed by atoms with Gasteiger partial charge in [-0.05, 0) is 98.6 Å². The van der Waals surface area contributed by atoms with E-state index in [1.807, 2.05) is 0 Å². The number of ether oxygens (including phenoxy) is 4. The van der Waals surface area contributed by atoms with Crippen LogP contribution in [0.5, 0.6) is 23.0 Å². The third kappa shape index (κ3) is 10.1. The molecule has 0 radical (unpaired) electrons. The molecule has 6 rings (SSSR count). The summed E-state index contributed by atoms with van der Waals surface area (Å²) >= 11 is 0. The van der Waals surface area contributed by atoms with Crippen molar-refractivity contribution in [3.63, 3.8) is 0 Å². The lowest BCUT2D eigenvalue weighted by Crippen LogP contribution is -2.07. The Balaban J connectivity index is 2.02. The van der Waals surface area contributed by atoms with Crippen molar-refractivity contribution in [2.75, 3.05) is 28.4 Å². The third-order valence-electron chi connectivity index (χ3n) is 9.24. The molecule has 0 amide bonds. The molecule has 0 spiro atoms. The molecule has 2 aromatic rings. The summed E-state index contributed by atoms with van der Waals surface area (Å²) in [6.07, 6.45) is 22.7. The van der Waals surface area contributed by atoms with Crippen molar-refractivity contribution < 1.29 is 18.9 Å². The molecule has 0 fully saturated rings. The molecule has 0 aromatic heterocycles. The van der Waals surface area contributed by atoms with Crippen LogP contribution in [0.1, 0.15) is 126 Å². The van der Waals surface area contributed by atoms with Crippen LogP contribution in [0.2, 0.25) is 0 Å². The minimum absolute atomic E-state index is 0.270. The molecule has 4 aliphatic carbocycles. The van der Waals surface area contributed by atoms with Crippen LogP contribution in [0, 0.1) is 11.8 Å². The second-order valence-corrected chi connectivity index (χ2v) is 13.0. The number of methoxy groups -OCH3 is 4. The average molecular weight is 605 g/mol. The van der Waals surface area contributed by atoms with Gasteiger partial charge in [-0.3, -0.25) is 0 Å². The van der Waals surface area contributed by atoms with Crippen LogP contribution in [0.3, 0.4) is 0 Å². The SMILES string of the molecule is CCCC[C@H]1C=CCC[C@H](C)Cc2cc(OC)c(c(OC)c2)[C@@H](CCCC)C=CCC[C@H](C)Cc2cc(OC)c1c(OC)c2. The van der Waals surface area contributed by atoms with Gasteiger partial charge in [-0.2, -0.15) is 0 Å². The number of hydrogen-bond donors (Lipinski definition) is 0. The van der Waals surface area contributed by atoms with E-state index in [2.05, 4.69) is 76.3 Å². The van der Waals surface area contributed by atoms with Crippen LogP contribution in [-0.4, -0.2) is 28.4 Å². The zero-order valence-corrected chi connectivity index (χ0v) is 29.0. The van der Waals surface area contributed by atoms with Crippen molar-refractivity contribution in [1.82, 2.24) is 0 Å². The maximum Gasteiger partial charge on any atom is 0.126 e. The van der Waals surface area contributed by atoms with Crippen LogP contribution in [0.4, 0.5) is 0 Å². The molecule has 0 saturated heterocycles. The van der Waals surface area contributed by atoms with Gasteiger partial charge in [-0.25, -0.2) is 0 Å². The number of unbranched alkanes of at least 4 members (excludes halogenated alkanes) is 2. The fourth-order valence-electron chi connectivity index (χ4n) is 6.77. The Bertz CT molecular complexity index is 1050. The van der Waals surface area contributed by atoms with Gasteiger partial charge in [0.05, 0.1) is 28.4 Å². The molecule has 0 aliphatic heterocycles. The first kappa shape index (κ1) is 35.6. The van der Waals surface area contributed by atoms with Crippen LogP contribution in [0.25, 0.3) is 0 Å². The first-order valence-corrected chi connectivity index (χ1v) is 17.2. The van der Waals surface area contributed by atoms with Crippen LogP contribution in [0.15, 0.2) is 48.6 Å². The highest BCUT2D eigenvalue weighted by Crippen LogP contribution is 2.42. The second kappa shape index (κ2) is 18.8. The Labute approximate surface area is 269 Å². The monoisotopic (exact) mass is 604 g/mol. The van der Waals surface area contributed by atoms with E-state index in [9.17, 15) is 0 Å². The summed E-state index contributed by atoms with van der Waals surface area (Å²) in [5, 5.41) is 0. The van der Waals surface area contributed by atoms with E-state index < -0.39 is 0 Å². The van der Waals surface area contributed by atoms with Crippen LogP contribution in [-0.2, 0) is 12.8 Å². The van der Waals surface area contributed by atoms with Crippen molar-refractivity contribution in [1.29, 1.82) is 0 Å². The topological polar surface area (TPSA) is 36.9 Å². The molecule has 0 saturated carbocycles. The van der Waals surface area contributed by atoms with E-state index in [-0.39, 0.29) is 11.8 Å². The van der Waals surface area contributed by atoms with Gasteiger partial charge in [0.25, 0.3) is 0 Å². The highest BCUT2D eigenvalue weighted by atomic mass is 16.5. The highest BCUT2D eigenvalue weighted by molar-refractivity contribution is 5.53. The molecule has 4 bridgehead atoms. The normalized spacial score (nSPS) is 21.5. The van der Waals surface area contributed by atoms with E-state index >= 15 is 0 Å². The fourth-order valence-corrected chi connectivity index (χ4v) is 6.77. The molecule has 4 nitrogen and oxygen atoms in total. The van der Waals surface area contributed by atoms with E-state index in [0.717, 1.165) is 74.4 Å². The molecular weight excluding hydrogens is 544 g/mol. The van der Waals surface area contributed by atoms with E-state index in [1.165, 1.54) is 47.9 Å². The maximum atomic E-state index is 6.03. The molecule has 244 valence electrons. The van der Waals surface area contributed by atoms with E-state index in [1.54, 1.807) is 28.4 Å². The molecule has 4 aliphatic rings. The predicted molar refractivity (Wildman–Crippen MR) is 186 cm³/mol. The first-order chi connectivity index (χ1) is 21.4. The Morgan fingerprint density at radius 2 is 0.909 bits per heavy atom. The predicted octanol–water partition coefficient (Wildman–Crippen LogP) is 11.0. The van der Waals surface area contributed by atoms with Gasteiger partial charge < -0.3 is 18.9 Å². The zero-order chi connectivity index (χ0) is 31.9. The van der Waals surface area contributed by atoms with Crippen molar-refractivity contribution in [3.05, 3.63) is 70.8 Å². The Morgan fingerprint density at radius 1 is 0.568 bits per heavy atom. The standard InChI is InChI=1S/C40H60O4/c1-9-11-19-33-21-15-13-17-29(3)24-32-27-37(43-7)40(38(28-32)44-8)34(20-12-10-2)22-16-14-18-30(4)23-31-25-35(41-5)39(33)36(26-31)42-6/h15-16,21-22,25-30,33-34H,9-14,17-20,23-24H2,1-8H3/t29-,30-,33-,34-/m0/s1. The third-order valence-corrected chi connectivity index (χ3v) is 9.24. The molecule has 44 heavy (non-hydrogen) atoms. The summed E-state index contributed by atoms with van der Waals surface area (Å²) in [4.78, 5) is 0. The maximum absolute atomic E-state index is 6.03. The molecule has 4 heteroatoms. The molecule has 0 heterocycles. The molecule has 2 aromatic carbocycles. The Morgan fingerprint density at radius 3 is 1.20 bits per heavy atom. The molecule has 0 N–H and O–H groups in total. The van der Waals surface area contributed by atoms with Crippen molar-refractivity contribution in [2.45, 2.75) is 117 Å². The molecule has 0 unspecified atom stereocenters. The minimum Gasteiger partial charge on any atom is -0.496 e. The highest BCUT2D eigenvalue weighted by Gasteiger charge is 2.23.